The Kier molecular flexibility index (Phi) is 21.4. The maximum atomic E-state index is 14.1. The molecule has 2 aliphatic rings. The summed E-state index contributed by atoms with van der Waals surface area (Å²) in [5.41, 5.74) is 4.19. The molecule has 2 aromatic rings. The number of nitrogens with one attached hydrogen (secondary N) is 2. The molecule has 0 saturated heterocycles. The molecule has 0 radical (unpaired) electrons. The van der Waals surface area contributed by atoms with Crippen LogP contribution in [0.25, 0.3) is 0 Å². The van der Waals surface area contributed by atoms with Crippen LogP contribution in [-0.2, 0) is 25.7 Å². The average Bonchev–Trinajstić information content (AvgIpc) is 3.20. The van der Waals surface area contributed by atoms with Crippen molar-refractivity contribution >= 4 is 12.2 Å². The number of unbranched alkanes of at least 4 members (excludes halogenated alkanes) is 12. The molecule has 2 aromatic carbocycles. The van der Waals surface area contributed by atoms with Gasteiger partial charge >= 0.3 is 12.2 Å². The van der Waals surface area contributed by atoms with E-state index < -0.39 is 11.1 Å². The molecular formula is C51H82N2O4. The van der Waals surface area contributed by atoms with Gasteiger partial charge in [0.1, 0.15) is 11.5 Å². The number of carbonyl (C=O) groups is 2. The first kappa shape index (κ1) is 46.7. The smallest absolute Gasteiger partial charge is 0.410 e. The van der Waals surface area contributed by atoms with E-state index in [0.717, 1.165) is 114 Å². The van der Waals surface area contributed by atoms with Crippen molar-refractivity contribution < 1.29 is 19.1 Å². The van der Waals surface area contributed by atoms with Crippen molar-refractivity contribution in [3.8, 4) is 11.5 Å². The third-order valence-electron chi connectivity index (χ3n) is 13.1. The van der Waals surface area contributed by atoms with Crippen molar-refractivity contribution in [1.29, 1.82) is 0 Å². The largest absolute Gasteiger partial charge is 0.413 e. The third-order valence-corrected chi connectivity index (χ3v) is 13.1. The molecule has 2 aliphatic carbocycles. The molecule has 0 atom stereocenters. The third kappa shape index (κ3) is 15.9. The van der Waals surface area contributed by atoms with Crippen LogP contribution in [0.15, 0.2) is 36.4 Å². The quantitative estimate of drug-likeness (QED) is 0.0931. The molecule has 0 spiro atoms. The van der Waals surface area contributed by atoms with E-state index in [-0.39, 0.29) is 12.2 Å². The Hall–Kier alpha value is -3.02. The molecule has 0 heterocycles. The second kappa shape index (κ2) is 26.2. The zero-order chi connectivity index (χ0) is 40.6. The Morgan fingerprint density at radius 3 is 1.18 bits per heavy atom. The van der Waals surface area contributed by atoms with Crippen LogP contribution in [0.3, 0.4) is 0 Å². The molecule has 0 aromatic heterocycles. The van der Waals surface area contributed by atoms with Gasteiger partial charge in [-0.15, -0.1) is 0 Å². The van der Waals surface area contributed by atoms with Crippen LogP contribution in [0.4, 0.5) is 9.59 Å². The summed E-state index contributed by atoms with van der Waals surface area (Å²) < 4.78 is 12.7. The Labute approximate surface area is 348 Å². The summed E-state index contributed by atoms with van der Waals surface area (Å²) in [7, 11) is 0. The molecule has 2 amide bonds. The zero-order valence-electron chi connectivity index (χ0n) is 37.0. The maximum absolute atomic E-state index is 14.1. The fraction of sp³-hybridized carbons (Fsp3) is 0.725. The molecule has 2 N–H and O–H groups in total. The maximum Gasteiger partial charge on any atom is 0.413 e. The van der Waals surface area contributed by atoms with Gasteiger partial charge in [-0.25, -0.2) is 9.59 Å². The molecule has 2 fully saturated rings. The highest BCUT2D eigenvalue weighted by Gasteiger charge is 2.45. The van der Waals surface area contributed by atoms with Crippen LogP contribution in [0.5, 0.6) is 11.5 Å². The molecule has 57 heavy (non-hydrogen) atoms. The highest BCUT2D eigenvalue weighted by molar-refractivity contribution is 5.73. The number of aryl methyl sites for hydroxylation is 2. The van der Waals surface area contributed by atoms with Gasteiger partial charge in [0.25, 0.3) is 0 Å². The lowest BCUT2D eigenvalue weighted by atomic mass is 9.68. The van der Waals surface area contributed by atoms with Gasteiger partial charge in [-0.1, -0.05) is 168 Å². The first-order valence-corrected chi connectivity index (χ1v) is 24.1. The van der Waals surface area contributed by atoms with Crippen LogP contribution in [0.2, 0.25) is 0 Å². The van der Waals surface area contributed by atoms with Gasteiger partial charge < -0.3 is 20.1 Å². The molecule has 0 unspecified atom stereocenters. The predicted molar refractivity (Wildman–Crippen MR) is 239 cm³/mol. The van der Waals surface area contributed by atoms with Gasteiger partial charge in [0.15, 0.2) is 0 Å². The van der Waals surface area contributed by atoms with Crippen LogP contribution in [0.1, 0.15) is 223 Å². The van der Waals surface area contributed by atoms with Gasteiger partial charge in [-0.3, -0.25) is 0 Å². The van der Waals surface area contributed by atoms with Crippen molar-refractivity contribution in [3.05, 3.63) is 58.7 Å². The van der Waals surface area contributed by atoms with Crippen LogP contribution in [-0.4, -0.2) is 23.3 Å². The number of amides is 2. The van der Waals surface area contributed by atoms with Crippen LogP contribution < -0.4 is 20.1 Å². The van der Waals surface area contributed by atoms with E-state index >= 15 is 0 Å². The average molecular weight is 787 g/mol. The van der Waals surface area contributed by atoms with Gasteiger partial charge in [0, 0.05) is 11.1 Å². The fourth-order valence-corrected chi connectivity index (χ4v) is 9.87. The normalized spacial score (nSPS) is 16.2. The Bertz CT molecular complexity index is 1330. The van der Waals surface area contributed by atoms with E-state index in [1.807, 2.05) is 12.1 Å². The second-order valence-corrected chi connectivity index (χ2v) is 17.9. The van der Waals surface area contributed by atoms with Crippen molar-refractivity contribution in [1.82, 2.24) is 10.6 Å². The summed E-state index contributed by atoms with van der Waals surface area (Å²) in [6, 6.07) is 12.6. The molecule has 0 aliphatic heterocycles. The first-order chi connectivity index (χ1) is 27.9. The van der Waals surface area contributed by atoms with E-state index in [1.165, 1.54) is 112 Å². The molecule has 0 bridgehead atoms. The molecule has 4 rings (SSSR count). The number of hydrogen-bond donors (Lipinski definition) is 2. The van der Waals surface area contributed by atoms with E-state index in [0.29, 0.717) is 6.42 Å². The monoisotopic (exact) mass is 787 g/mol. The first-order valence-electron chi connectivity index (χ1n) is 24.1. The Balaban J connectivity index is 1.52. The van der Waals surface area contributed by atoms with E-state index in [2.05, 4.69) is 62.6 Å². The number of rotatable bonds is 26. The van der Waals surface area contributed by atoms with E-state index in [1.54, 1.807) is 0 Å². The minimum Gasteiger partial charge on any atom is -0.410 e. The van der Waals surface area contributed by atoms with Gasteiger partial charge in [0.05, 0.1) is 0 Å². The van der Waals surface area contributed by atoms with Gasteiger partial charge in [-0.05, 0) is 118 Å². The Morgan fingerprint density at radius 2 is 0.825 bits per heavy atom. The number of carbonyl (C=O) groups excluding carboxylic acids is 2. The van der Waals surface area contributed by atoms with Crippen molar-refractivity contribution in [2.24, 2.45) is 0 Å². The van der Waals surface area contributed by atoms with E-state index in [9.17, 15) is 9.59 Å². The molecule has 6 heteroatoms. The SMILES string of the molecule is CCCCCCc1cccc(OC(=O)NC2(CC3(NC(=O)Oc4cccc(CCCCCC)c4CCCCCC)CCCCC3)CCCCC2)c1CCCCCC. The van der Waals surface area contributed by atoms with Gasteiger partial charge in [0.2, 0.25) is 0 Å². The molecular weight excluding hydrogens is 705 g/mol. The summed E-state index contributed by atoms with van der Waals surface area (Å²) in [4.78, 5) is 28.2. The fourth-order valence-electron chi connectivity index (χ4n) is 9.87. The second-order valence-electron chi connectivity index (χ2n) is 17.9. The minimum absolute atomic E-state index is 0.355. The Morgan fingerprint density at radius 1 is 0.474 bits per heavy atom. The van der Waals surface area contributed by atoms with Crippen LogP contribution in [0, 0.1) is 0 Å². The van der Waals surface area contributed by atoms with E-state index in [4.69, 9.17) is 9.47 Å². The standard InChI is InChI=1S/C51H82N2O4/c1-5-9-13-19-29-42-31-27-35-46(44(42)33-21-15-11-7-3)56-48(54)52-50(37-23-17-24-38-50)41-51(39-25-18-26-40-51)53-49(55)57-47-36-28-32-43(30-20-14-10-6-2)45(47)34-22-16-12-8-4/h27-28,31-32,35-36H,5-26,29-30,33-34,37-41H2,1-4H3,(H,52,54)(H,53,55). The lowest BCUT2D eigenvalue weighted by Gasteiger charge is -2.47. The predicted octanol–water partition coefficient (Wildman–Crippen LogP) is 14.9. The van der Waals surface area contributed by atoms with Crippen molar-refractivity contribution in [2.75, 3.05) is 0 Å². The summed E-state index contributed by atoms with van der Waals surface area (Å²) in [6.07, 6.45) is 33.3. The topological polar surface area (TPSA) is 76.7 Å². The van der Waals surface area contributed by atoms with Crippen LogP contribution >= 0.6 is 0 Å². The summed E-state index contributed by atoms with van der Waals surface area (Å²) in [5, 5.41) is 6.97. The number of hydrogen-bond acceptors (Lipinski definition) is 4. The van der Waals surface area contributed by atoms with Gasteiger partial charge in [-0.2, -0.15) is 0 Å². The summed E-state index contributed by atoms with van der Waals surface area (Å²) in [5.74, 6) is 1.44. The molecule has 320 valence electrons. The summed E-state index contributed by atoms with van der Waals surface area (Å²) >= 11 is 0. The molecule has 2 saturated carbocycles. The highest BCUT2D eigenvalue weighted by Crippen LogP contribution is 2.41. The minimum atomic E-state index is -0.443. The lowest BCUT2D eigenvalue weighted by molar-refractivity contribution is 0.107. The summed E-state index contributed by atoms with van der Waals surface area (Å²) in [6.45, 7) is 9.01. The highest BCUT2D eigenvalue weighted by atomic mass is 16.6. The molecule has 6 nitrogen and oxygen atoms in total. The lowest BCUT2D eigenvalue weighted by Crippen LogP contribution is -2.60. The van der Waals surface area contributed by atoms with Crippen molar-refractivity contribution in [2.45, 2.75) is 238 Å². The number of benzene rings is 2. The van der Waals surface area contributed by atoms with Crippen molar-refractivity contribution in [3.63, 3.8) is 0 Å². The number of ether oxygens (including phenoxy) is 2. The zero-order valence-corrected chi connectivity index (χ0v) is 37.0.